The van der Waals surface area contributed by atoms with Gasteiger partial charge in [0.2, 0.25) is 5.91 Å². The molecule has 124 valence electrons. The lowest BCUT2D eigenvalue weighted by molar-refractivity contribution is -0.117. The van der Waals surface area contributed by atoms with Crippen LogP contribution in [-0.4, -0.2) is 36.5 Å². The minimum absolute atomic E-state index is 0. The fourth-order valence-corrected chi connectivity index (χ4v) is 2.67. The van der Waals surface area contributed by atoms with Gasteiger partial charge in [0, 0.05) is 17.8 Å². The van der Waals surface area contributed by atoms with E-state index in [4.69, 9.17) is 5.73 Å². The van der Waals surface area contributed by atoms with Crippen LogP contribution in [0.4, 0.5) is 14.5 Å². The first-order valence-corrected chi connectivity index (χ1v) is 7.18. The molecule has 1 aromatic rings. The van der Waals surface area contributed by atoms with Gasteiger partial charge in [-0.1, -0.05) is 0 Å². The van der Waals surface area contributed by atoms with E-state index in [9.17, 15) is 13.6 Å². The molecule has 0 bridgehead atoms. The van der Waals surface area contributed by atoms with Gasteiger partial charge in [0.1, 0.15) is 11.6 Å². The molecule has 4 nitrogen and oxygen atoms in total. The fraction of sp³-hybridized carbons (Fsp3) is 0.533. The normalized spacial score (nSPS) is 17.6. The SMILES string of the molecule is CC(N)C1CCN(CC(=O)Nc2cc(F)cc(F)c2)CC1.Cl. The van der Waals surface area contributed by atoms with Gasteiger partial charge >= 0.3 is 0 Å². The number of hydrogen-bond donors (Lipinski definition) is 2. The lowest BCUT2D eigenvalue weighted by Crippen LogP contribution is -2.42. The Hall–Kier alpha value is -1.24. The Morgan fingerprint density at radius 2 is 1.86 bits per heavy atom. The number of anilines is 1. The minimum Gasteiger partial charge on any atom is -0.328 e. The van der Waals surface area contributed by atoms with Crippen molar-refractivity contribution in [2.75, 3.05) is 25.0 Å². The second-order valence-corrected chi connectivity index (χ2v) is 5.68. The summed E-state index contributed by atoms with van der Waals surface area (Å²) in [5.41, 5.74) is 6.02. The van der Waals surface area contributed by atoms with E-state index in [0.29, 0.717) is 5.92 Å². The highest BCUT2D eigenvalue weighted by Crippen LogP contribution is 2.19. The van der Waals surface area contributed by atoms with Crippen molar-refractivity contribution >= 4 is 24.0 Å². The van der Waals surface area contributed by atoms with Crippen molar-refractivity contribution in [2.45, 2.75) is 25.8 Å². The highest BCUT2D eigenvalue weighted by molar-refractivity contribution is 5.92. The van der Waals surface area contributed by atoms with Gasteiger partial charge in [0.25, 0.3) is 0 Å². The third-order valence-corrected chi connectivity index (χ3v) is 3.89. The molecule has 0 aromatic heterocycles. The lowest BCUT2D eigenvalue weighted by Gasteiger charge is -2.33. The summed E-state index contributed by atoms with van der Waals surface area (Å²) in [5.74, 6) is -1.17. The smallest absolute Gasteiger partial charge is 0.238 e. The summed E-state index contributed by atoms with van der Waals surface area (Å²) in [5, 5.41) is 2.52. The monoisotopic (exact) mass is 333 g/mol. The molecule has 0 radical (unpaired) electrons. The van der Waals surface area contributed by atoms with Crippen LogP contribution in [0.3, 0.4) is 0 Å². The third kappa shape index (κ3) is 5.51. The van der Waals surface area contributed by atoms with Crippen molar-refractivity contribution in [3.05, 3.63) is 29.8 Å². The molecule has 1 atom stereocenters. The van der Waals surface area contributed by atoms with E-state index in [0.717, 1.165) is 44.1 Å². The molecule has 0 spiro atoms. The zero-order valence-electron chi connectivity index (χ0n) is 12.5. The maximum absolute atomic E-state index is 13.0. The van der Waals surface area contributed by atoms with Crippen molar-refractivity contribution in [3.8, 4) is 0 Å². The summed E-state index contributed by atoms with van der Waals surface area (Å²) in [4.78, 5) is 13.9. The van der Waals surface area contributed by atoms with Crippen molar-refractivity contribution in [2.24, 2.45) is 11.7 Å². The van der Waals surface area contributed by atoms with Gasteiger partial charge in [-0.15, -0.1) is 12.4 Å². The van der Waals surface area contributed by atoms with Gasteiger partial charge in [-0.3, -0.25) is 9.69 Å². The maximum atomic E-state index is 13.0. The van der Waals surface area contributed by atoms with Crippen LogP contribution in [0.25, 0.3) is 0 Å². The Bertz CT molecular complexity index is 485. The quantitative estimate of drug-likeness (QED) is 0.889. The van der Waals surface area contributed by atoms with Crippen LogP contribution in [0, 0.1) is 17.6 Å². The molecular formula is C15H22ClF2N3O. The summed E-state index contributed by atoms with van der Waals surface area (Å²) >= 11 is 0. The topological polar surface area (TPSA) is 58.4 Å². The van der Waals surface area contributed by atoms with Crippen LogP contribution in [0.2, 0.25) is 0 Å². The summed E-state index contributed by atoms with van der Waals surface area (Å²) in [6, 6.07) is 3.15. The van der Waals surface area contributed by atoms with Gasteiger partial charge in [-0.2, -0.15) is 0 Å². The first kappa shape index (κ1) is 18.8. The van der Waals surface area contributed by atoms with Crippen LogP contribution >= 0.6 is 12.4 Å². The molecule has 3 N–H and O–H groups in total. The van der Waals surface area contributed by atoms with E-state index >= 15 is 0 Å². The van der Waals surface area contributed by atoms with Crippen molar-refractivity contribution < 1.29 is 13.6 Å². The second-order valence-electron chi connectivity index (χ2n) is 5.68. The zero-order chi connectivity index (χ0) is 15.4. The number of nitrogens with zero attached hydrogens (tertiary/aromatic N) is 1. The predicted molar refractivity (Wildman–Crippen MR) is 85.0 cm³/mol. The molecule has 1 aromatic carbocycles. The molecule has 1 saturated heterocycles. The lowest BCUT2D eigenvalue weighted by atomic mass is 9.91. The van der Waals surface area contributed by atoms with Crippen LogP contribution < -0.4 is 11.1 Å². The Kier molecular flexibility index (Phi) is 7.19. The first-order valence-electron chi connectivity index (χ1n) is 7.18. The number of rotatable bonds is 4. The van der Waals surface area contributed by atoms with E-state index in [1.54, 1.807) is 0 Å². The van der Waals surface area contributed by atoms with Gasteiger partial charge < -0.3 is 11.1 Å². The molecule has 1 aliphatic heterocycles. The Morgan fingerprint density at radius 1 is 1.32 bits per heavy atom. The average molecular weight is 334 g/mol. The Balaban J connectivity index is 0.00000242. The van der Waals surface area contributed by atoms with Gasteiger partial charge in [0.05, 0.1) is 6.54 Å². The zero-order valence-corrected chi connectivity index (χ0v) is 13.3. The average Bonchev–Trinajstić information content (AvgIpc) is 2.37. The van der Waals surface area contributed by atoms with Crippen LogP contribution in [-0.2, 0) is 4.79 Å². The van der Waals surface area contributed by atoms with Crippen molar-refractivity contribution in [3.63, 3.8) is 0 Å². The molecular weight excluding hydrogens is 312 g/mol. The number of hydrogen-bond acceptors (Lipinski definition) is 3. The second kappa shape index (κ2) is 8.41. The van der Waals surface area contributed by atoms with E-state index in [1.807, 2.05) is 11.8 Å². The number of benzene rings is 1. The number of piperidine rings is 1. The molecule has 1 aliphatic rings. The van der Waals surface area contributed by atoms with Crippen molar-refractivity contribution in [1.29, 1.82) is 0 Å². The number of likely N-dealkylation sites (tertiary alicyclic amines) is 1. The molecule has 0 saturated carbocycles. The standard InChI is InChI=1S/C15H21F2N3O.ClH/c1-10(18)11-2-4-20(5-3-11)9-15(21)19-14-7-12(16)6-13(17)8-14;/h6-8,10-11H,2-5,9,18H2,1H3,(H,19,21);1H. The largest absolute Gasteiger partial charge is 0.328 e. The third-order valence-electron chi connectivity index (χ3n) is 3.89. The highest BCUT2D eigenvalue weighted by atomic mass is 35.5. The van der Waals surface area contributed by atoms with Gasteiger partial charge in [-0.05, 0) is 50.9 Å². The van der Waals surface area contributed by atoms with E-state index in [2.05, 4.69) is 5.32 Å². The molecule has 22 heavy (non-hydrogen) atoms. The number of amides is 1. The van der Waals surface area contributed by atoms with E-state index in [-0.39, 0.29) is 36.6 Å². The molecule has 2 rings (SSSR count). The summed E-state index contributed by atoms with van der Waals surface area (Å²) in [7, 11) is 0. The maximum Gasteiger partial charge on any atom is 0.238 e. The minimum atomic E-state index is -0.706. The molecule has 1 heterocycles. The number of carbonyl (C=O) groups excluding carboxylic acids is 1. The molecule has 7 heteroatoms. The van der Waals surface area contributed by atoms with Gasteiger partial charge in [0.15, 0.2) is 0 Å². The first-order chi connectivity index (χ1) is 9.94. The van der Waals surface area contributed by atoms with Crippen LogP contribution in [0.15, 0.2) is 18.2 Å². The predicted octanol–water partition coefficient (Wildman–Crippen LogP) is 2.38. The summed E-state index contributed by atoms with van der Waals surface area (Å²) < 4.78 is 26.1. The molecule has 0 aliphatic carbocycles. The number of nitrogens with two attached hydrogens (primary N) is 1. The summed E-state index contributed by atoms with van der Waals surface area (Å²) in [6.45, 7) is 3.86. The molecule has 1 fully saturated rings. The summed E-state index contributed by atoms with van der Waals surface area (Å²) in [6.07, 6.45) is 1.94. The molecule has 1 amide bonds. The number of halogens is 3. The van der Waals surface area contributed by atoms with Crippen molar-refractivity contribution in [1.82, 2.24) is 4.90 Å². The Morgan fingerprint density at radius 3 is 2.36 bits per heavy atom. The number of carbonyl (C=O) groups is 1. The molecule has 1 unspecified atom stereocenters. The van der Waals surface area contributed by atoms with E-state index < -0.39 is 11.6 Å². The van der Waals surface area contributed by atoms with Crippen LogP contribution in [0.1, 0.15) is 19.8 Å². The highest BCUT2D eigenvalue weighted by Gasteiger charge is 2.23. The number of nitrogens with one attached hydrogen (secondary N) is 1. The van der Waals surface area contributed by atoms with Crippen LogP contribution in [0.5, 0.6) is 0 Å². The van der Waals surface area contributed by atoms with Gasteiger partial charge in [-0.25, -0.2) is 8.78 Å². The fourth-order valence-electron chi connectivity index (χ4n) is 2.67. The van der Waals surface area contributed by atoms with E-state index in [1.165, 1.54) is 0 Å². The Labute approximate surface area is 135 Å².